The molecular weight excluding hydrogens is 296 g/mol. The lowest BCUT2D eigenvalue weighted by Crippen LogP contribution is -2.10. The van der Waals surface area contributed by atoms with Gasteiger partial charge in [0.15, 0.2) is 0 Å². The molecule has 3 aromatic rings. The maximum atomic E-state index is 5.92. The molecule has 3 N–H and O–H groups in total. The van der Waals surface area contributed by atoms with Crippen molar-refractivity contribution in [2.45, 2.75) is 18.8 Å². The summed E-state index contributed by atoms with van der Waals surface area (Å²) in [6, 6.07) is 21.2. The van der Waals surface area contributed by atoms with Crippen molar-refractivity contribution in [3.05, 3.63) is 83.0 Å². The Hall–Kier alpha value is -2.88. The van der Waals surface area contributed by atoms with Crippen molar-refractivity contribution in [3.8, 4) is 0 Å². The molecule has 120 valence electrons. The van der Waals surface area contributed by atoms with Crippen LogP contribution in [0.1, 0.15) is 28.3 Å². The number of nitrogens with one attached hydrogen (secondary N) is 1. The molecule has 1 aliphatic rings. The van der Waals surface area contributed by atoms with E-state index in [-0.39, 0.29) is 5.92 Å². The summed E-state index contributed by atoms with van der Waals surface area (Å²) in [5.74, 6) is 1.50. The number of hydrogen-bond acceptors (Lipinski definition) is 4. The molecule has 2 aromatic carbocycles. The Labute approximate surface area is 141 Å². The van der Waals surface area contributed by atoms with Crippen LogP contribution in [0.5, 0.6) is 0 Å². The molecule has 4 heteroatoms. The van der Waals surface area contributed by atoms with Gasteiger partial charge in [0.1, 0.15) is 5.82 Å². The highest BCUT2D eigenvalue weighted by Gasteiger charge is 2.22. The molecule has 0 spiro atoms. The van der Waals surface area contributed by atoms with Crippen molar-refractivity contribution in [2.24, 2.45) is 0 Å². The summed E-state index contributed by atoms with van der Waals surface area (Å²) in [4.78, 5) is 8.88. The molecule has 0 amide bonds. The highest BCUT2D eigenvalue weighted by molar-refractivity contribution is 5.54. The Morgan fingerprint density at radius 3 is 2.17 bits per heavy atom. The lowest BCUT2D eigenvalue weighted by atomic mass is 9.86. The number of nitrogens with zero attached hydrogens (tertiary/aromatic N) is 2. The average Bonchev–Trinajstić information content (AvgIpc) is 3.09. The molecule has 1 aliphatic heterocycles. The fraction of sp³-hybridized carbons (Fsp3) is 0.200. The van der Waals surface area contributed by atoms with Crippen molar-refractivity contribution >= 4 is 11.8 Å². The van der Waals surface area contributed by atoms with E-state index in [9.17, 15) is 0 Å². The van der Waals surface area contributed by atoms with Crippen LogP contribution in [0, 0.1) is 0 Å². The lowest BCUT2D eigenvalue weighted by Gasteiger charge is -2.19. The van der Waals surface area contributed by atoms with Gasteiger partial charge in [-0.25, -0.2) is 4.98 Å². The van der Waals surface area contributed by atoms with E-state index in [1.165, 1.54) is 16.7 Å². The molecule has 4 nitrogen and oxygen atoms in total. The van der Waals surface area contributed by atoms with E-state index >= 15 is 0 Å². The molecule has 1 aromatic heterocycles. The Morgan fingerprint density at radius 2 is 1.54 bits per heavy atom. The standard InChI is InChI=1S/C20H20N4/c21-20-23-18(16-11-12-22-19(16)24-20)13-17(14-7-3-1-4-8-14)15-9-5-2-6-10-15/h1-10,17H,11-13H2,(H3,21,22,23,24). The number of hydrogen-bond donors (Lipinski definition) is 2. The van der Waals surface area contributed by atoms with Crippen LogP contribution in [0.4, 0.5) is 11.8 Å². The van der Waals surface area contributed by atoms with Crippen LogP contribution in [-0.4, -0.2) is 16.5 Å². The topological polar surface area (TPSA) is 63.8 Å². The quantitative estimate of drug-likeness (QED) is 0.774. The molecule has 0 unspecified atom stereocenters. The van der Waals surface area contributed by atoms with Crippen molar-refractivity contribution in [3.63, 3.8) is 0 Å². The second kappa shape index (κ2) is 6.32. The first-order valence-electron chi connectivity index (χ1n) is 8.30. The van der Waals surface area contributed by atoms with Crippen LogP contribution in [0.25, 0.3) is 0 Å². The predicted octanol–water partition coefficient (Wildman–Crippen LogP) is 3.40. The average molecular weight is 316 g/mol. The molecule has 0 saturated carbocycles. The van der Waals surface area contributed by atoms with Gasteiger partial charge in [-0.1, -0.05) is 60.7 Å². The molecule has 0 aliphatic carbocycles. The van der Waals surface area contributed by atoms with Gasteiger partial charge in [-0.3, -0.25) is 0 Å². The van der Waals surface area contributed by atoms with Gasteiger partial charge in [-0.15, -0.1) is 0 Å². The fourth-order valence-corrected chi connectivity index (χ4v) is 3.43. The normalized spacial score (nSPS) is 12.9. The number of aromatic nitrogens is 2. The number of nitrogens with two attached hydrogens (primary N) is 1. The van der Waals surface area contributed by atoms with Crippen molar-refractivity contribution in [1.82, 2.24) is 9.97 Å². The van der Waals surface area contributed by atoms with Gasteiger partial charge in [0, 0.05) is 24.4 Å². The molecule has 0 saturated heterocycles. The monoisotopic (exact) mass is 316 g/mol. The molecule has 0 atom stereocenters. The van der Waals surface area contributed by atoms with Gasteiger partial charge >= 0.3 is 0 Å². The number of rotatable bonds is 4. The van der Waals surface area contributed by atoms with Crippen LogP contribution in [0.2, 0.25) is 0 Å². The minimum absolute atomic E-state index is 0.256. The molecule has 4 rings (SSSR count). The van der Waals surface area contributed by atoms with Gasteiger partial charge in [-0.2, -0.15) is 4.98 Å². The zero-order chi connectivity index (χ0) is 16.4. The minimum atomic E-state index is 0.256. The zero-order valence-corrected chi connectivity index (χ0v) is 13.4. The van der Waals surface area contributed by atoms with E-state index in [1.54, 1.807) is 0 Å². The first-order chi connectivity index (χ1) is 11.8. The van der Waals surface area contributed by atoms with E-state index in [4.69, 9.17) is 5.73 Å². The maximum absolute atomic E-state index is 5.92. The van der Waals surface area contributed by atoms with E-state index in [0.717, 1.165) is 30.9 Å². The Balaban J connectivity index is 1.76. The van der Waals surface area contributed by atoms with E-state index in [1.807, 2.05) is 0 Å². The summed E-state index contributed by atoms with van der Waals surface area (Å²) >= 11 is 0. The number of benzene rings is 2. The van der Waals surface area contributed by atoms with Gasteiger partial charge in [-0.05, 0) is 17.5 Å². The molecule has 2 heterocycles. The summed E-state index contributed by atoms with van der Waals surface area (Å²) < 4.78 is 0. The first kappa shape index (κ1) is 14.7. The fourth-order valence-electron chi connectivity index (χ4n) is 3.43. The molecular formula is C20H20N4. The lowest BCUT2D eigenvalue weighted by molar-refractivity contribution is 0.772. The van der Waals surface area contributed by atoms with Gasteiger partial charge in [0.05, 0.1) is 5.69 Å². The SMILES string of the molecule is Nc1nc(CC(c2ccccc2)c2ccccc2)c2c(n1)NCC2. The Morgan fingerprint density at radius 1 is 0.917 bits per heavy atom. The minimum Gasteiger partial charge on any atom is -0.369 e. The Bertz CT molecular complexity index is 792. The third kappa shape index (κ3) is 2.83. The van der Waals surface area contributed by atoms with E-state index in [2.05, 4.69) is 75.9 Å². The van der Waals surface area contributed by atoms with Gasteiger partial charge in [0.2, 0.25) is 5.95 Å². The number of nitrogen functional groups attached to an aromatic ring is 1. The highest BCUT2D eigenvalue weighted by atomic mass is 15.1. The van der Waals surface area contributed by atoms with Gasteiger partial charge < -0.3 is 11.1 Å². The van der Waals surface area contributed by atoms with E-state index < -0.39 is 0 Å². The molecule has 0 radical (unpaired) electrons. The second-order valence-electron chi connectivity index (χ2n) is 6.11. The number of anilines is 2. The highest BCUT2D eigenvalue weighted by Crippen LogP contribution is 2.32. The van der Waals surface area contributed by atoms with Crippen LogP contribution >= 0.6 is 0 Å². The second-order valence-corrected chi connectivity index (χ2v) is 6.11. The third-order valence-electron chi connectivity index (χ3n) is 4.58. The van der Waals surface area contributed by atoms with E-state index in [0.29, 0.717) is 5.95 Å². The maximum Gasteiger partial charge on any atom is 0.222 e. The molecule has 0 bridgehead atoms. The molecule has 0 fully saturated rings. The van der Waals surface area contributed by atoms with Crippen LogP contribution < -0.4 is 11.1 Å². The van der Waals surface area contributed by atoms with Crippen molar-refractivity contribution in [2.75, 3.05) is 17.6 Å². The third-order valence-corrected chi connectivity index (χ3v) is 4.58. The van der Waals surface area contributed by atoms with Crippen LogP contribution in [-0.2, 0) is 12.8 Å². The first-order valence-corrected chi connectivity index (χ1v) is 8.30. The summed E-state index contributed by atoms with van der Waals surface area (Å²) in [5, 5.41) is 3.30. The zero-order valence-electron chi connectivity index (χ0n) is 13.4. The smallest absolute Gasteiger partial charge is 0.222 e. The number of fused-ring (bicyclic) bond motifs is 1. The summed E-state index contributed by atoms with van der Waals surface area (Å²) in [7, 11) is 0. The Kier molecular flexibility index (Phi) is 3.87. The molecule has 24 heavy (non-hydrogen) atoms. The van der Waals surface area contributed by atoms with Crippen LogP contribution in [0.15, 0.2) is 60.7 Å². The van der Waals surface area contributed by atoms with Gasteiger partial charge in [0.25, 0.3) is 0 Å². The summed E-state index contributed by atoms with van der Waals surface area (Å²) in [6.45, 7) is 0.905. The largest absolute Gasteiger partial charge is 0.369 e. The van der Waals surface area contributed by atoms with Crippen molar-refractivity contribution in [1.29, 1.82) is 0 Å². The van der Waals surface area contributed by atoms with Crippen LogP contribution in [0.3, 0.4) is 0 Å². The van der Waals surface area contributed by atoms with Crippen molar-refractivity contribution < 1.29 is 0 Å². The summed E-state index contributed by atoms with van der Waals surface area (Å²) in [6.07, 6.45) is 1.78. The summed E-state index contributed by atoms with van der Waals surface area (Å²) in [5.41, 5.74) is 10.8. The predicted molar refractivity (Wildman–Crippen MR) is 97.1 cm³/mol.